The predicted molar refractivity (Wildman–Crippen MR) is 189 cm³/mol. The second kappa shape index (κ2) is 31.7. The lowest BCUT2D eigenvalue weighted by Gasteiger charge is -2.18. The number of phosphoric acid groups is 1. The molecule has 3 unspecified atom stereocenters. The van der Waals surface area contributed by atoms with Crippen LogP contribution in [0.5, 0.6) is 0 Å². The number of aliphatic carboxylic acids is 1. The van der Waals surface area contributed by atoms with Gasteiger partial charge in [0.1, 0.15) is 12.7 Å². The molecule has 0 aromatic carbocycles. The van der Waals surface area contributed by atoms with E-state index in [0.29, 0.717) is 19.3 Å². The maximum absolute atomic E-state index is 12.2. The Morgan fingerprint density at radius 2 is 1.17 bits per heavy atom. The molecule has 0 radical (unpaired) electrons. The molecule has 0 aliphatic rings. The van der Waals surface area contributed by atoms with Gasteiger partial charge in [-0.15, -0.1) is 0 Å². The van der Waals surface area contributed by atoms with Gasteiger partial charge in [-0.05, 0) is 51.4 Å². The molecule has 0 aromatic rings. The van der Waals surface area contributed by atoms with Crippen LogP contribution in [0, 0.1) is 0 Å². The zero-order chi connectivity index (χ0) is 35.7. The second-order valence-corrected chi connectivity index (χ2v) is 13.2. The molecule has 0 saturated carbocycles. The zero-order valence-corrected chi connectivity index (χ0v) is 30.2. The Morgan fingerprint density at radius 3 is 1.75 bits per heavy atom. The standard InChI is InChI=1S/C36H62NO10P/c1-3-5-7-9-11-12-13-14-15-16-17-18-19-20-22-23-25-27-34(39)37-33(36(41)42)31-47-48(43,44)46-30-32(38)29-45-35(40)28-26-24-21-10-8-6-4-2/h11-12,14-15,17-18,20,22,32-33,38H,3-10,13,16,19,21,23-31H2,1-2H3,(H,37,39)(H,41,42)(H,43,44)/b12-11-,15-14-,18-17-,22-20-. The Balaban J connectivity index is 4.12. The van der Waals surface area contributed by atoms with Crippen molar-refractivity contribution in [3.05, 3.63) is 48.6 Å². The summed E-state index contributed by atoms with van der Waals surface area (Å²) in [6.07, 6.45) is 31.8. The summed E-state index contributed by atoms with van der Waals surface area (Å²) in [5, 5.41) is 21.6. The molecule has 0 bridgehead atoms. The molecule has 0 spiro atoms. The van der Waals surface area contributed by atoms with Gasteiger partial charge in [0.15, 0.2) is 6.04 Å². The van der Waals surface area contributed by atoms with E-state index in [1.165, 1.54) is 38.5 Å². The number of aliphatic hydroxyl groups excluding tert-OH is 1. The number of carboxylic acid groups (broad SMARTS) is 1. The number of ether oxygens (including phenoxy) is 1. The highest BCUT2D eigenvalue weighted by Gasteiger charge is 2.28. The van der Waals surface area contributed by atoms with Gasteiger partial charge in [-0.2, -0.15) is 0 Å². The van der Waals surface area contributed by atoms with E-state index in [2.05, 4.69) is 55.6 Å². The van der Waals surface area contributed by atoms with Crippen molar-refractivity contribution in [2.24, 2.45) is 0 Å². The third kappa shape index (κ3) is 30.8. The molecule has 48 heavy (non-hydrogen) atoms. The quantitative estimate of drug-likeness (QED) is 0.0235. The molecule has 11 nitrogen and oxygen atoms in total. The van der Waals surface area contributed by atoms with Crippen LogP contribution in [0.1, 0.15) is 129 Å². The van der Waals surface area contributed by atoms with Crippen LogP contribution < -0.4 is 5.32 Å². The summed E-state index contributed by atoms with van der Waals surface area (Å²) in [6, 6.07) is -1.57. The molecular weight excluding hydrogens is 637 g/mol. The fourth-order valence-corrected chi connectivity index (χ4v) is 5.08. The van der Waals surface area contributed by atoms with Crippen LogP contribution in [-0.4, -0.2) is 64.9 Å². The lowest BCUT2D eigenvalue weighted by molar-refractivity contribution is -0.147. The summed E-state index contributed by atoms with van der Waals surface area (Å²) in [7, 11) is -4.76. The summed E-state index contributed by atoms with van der Waals surface area (Å²) >= 11 is 0. The number of nitrogens with one attached hydrogen (secondary N) is 1. The van der Waals surface area contributed by atoms with E-state index >= 15 is 0 Å². The molecule has 0 rings (SSSR count). The Labute approximate surface area is 288 Å². The second-order valence-electron chi connectivity index (χ2n) is 11.7. The first-order chi connectivity index (χ1) is 23.1. The molecule has 3 atom stereocenters. The lowest BCUT2D eigenvalue weighted by atomic mass is 10.1. The maximum Gasteiger partial charge on any atom is 0.472 e. The molecule has 276 valence electrons. The van der Waals surface area contributed by atoms with Crippen molar-refractivity contribution in [1.29, 1.82) is 0 Å². The van der Waals surface area contributed by atoms with E-state index < -0.39 is 57.6 Å². The van der Waals surface area contributed by atoms with E-state index in [1.54, 1.807) is 0 Å². The number of phosphoric ester groups is 1. The molecule has 1 amide bonds. The minimum atomic E-state index is -4.76. The van der Waals surface area contributed by atoms with Crippen LogP contribution in [0.2, 0.25) is 0 Å². The lowest BCUT2D eigenvalue weighted by Crippen LogP contribution is -2.43. The highest BCUT2D eigenvalue weighted by Crippen LogP contribution is 2.43. The van der Waals surface area contributed by atoms with Gasteiger partial charge in [-0.3, -0.25) is 18.6 Å². The number of aliphatic hydroxyl groups is 1. The Kier molecular flexibility index (Phi) is 30.0. The topological polar surface area (TPSA) is 169 Å². The fraction of sp³-hybridized carbons (Fsp3) is 0.694. The third-order valence-electron chi connectivity index (χ3n) is 7.12. The Bertz CT molecular complexity index is 1010. The highest BCUT2D eigenvalue weighted by molar-refractivity contribution is 7.47. The van der Waals surface area contributed by atoms with Crippen LogP contribution in [0.15, 0.2) is 48.6 Å². The van der Waals surface area contributed by atoms with Crippen molar-refractivity contribution in [1.82, 2.24) is 5.32 Å². The van der Waals surface area contributed by atoms with Gasteiger partial charge in [0.2, 0.25) is 5.91 Å². The van der Waals surface area contributed by atoms with Gasteiger partial charge >= 0.3 is 19.8 Å². The predicted octanol–water partition coefficient (Wildman–Crippen LogP) is 7.88. The fourth-order valence-electron chi connectivity index (χ4n) is 4.30. The summed E-state index contributed by atoms with van der Waals surface area (Å²) < 4.78 is 26.5. The number of rotatable bonds is 32. The van der Waals surface area contributed by atoms with Gasteiger partial charge in [-0.1, -0.05) is 114 Å². The normalized spacial score (nSPS) is 14.6. The molecule has 0 aromatic heterocycles. The largest absolute Gasteiger partial charge is 0.480 e. The number of carboxylic acids is 1. The molecule has 0 aliphatic heterocycles. The molecule has 12 heteroatoms. The van der Waals surface area contributed by atoms with Crippen LogP contribution in [0.25, 0.3) is 0 Å². The molecule has 0 saturated heterocycles. The number of carbonyl (C=O) groups excluding carboxylic acids is 2. The zero-order valence-electron chi connectivity index (χ0n) is 29.3. The van der Waals surface area contributed by atoms with Crippen LogP contribution in [0.3, 0.4) is 0 Å². The first kappa shape index (κ1) is 45.4. The molecule has 4 N–H and O–H groups in total. The third-order valence-corrected chi connectivity index (χ3v) is 8.07. The van der Waals surface area contributed by atoms with E-state index in [0.717, 1.165) is 44.9 Å². The van der Waals surface area contributed by atoms with E-state index in [1.807, 2.05) is 12.2 Å². The smallest absolute Gasteiger partial charge is 0.472 e. The summed E-state index contributed by atoms with van der Waals surface area (Å²) in [5.74, 6) is -2.47. The van der Waals surface area contributed by atoms with Gasteiger partial charge in [0, 0.05) is 12.8 Å². The van der Waals surface area contributed by atoms with Gasteiger partial charge in [0.25, 0.3) is 0 Å². The SMILES string of the molecule is CCCCC/C=C\C/C=C\C/C=C\C/C=C\CCCC(=O)NC(COP(=O)(O)OCC(O)COC(=O)CCCCCCCCC)C(=O)O. The molecular formula is C36H62NO10P. The summed E-state index contributed by atoms with van der Waals surface area (Å²) in [4.78, 5) is 45.4. The minimum absolute atomic E-state index is 0.0684. The maximum atomic E-state index is 12.2. The number of unbranched alkanes of at least 4 members (excludes halogenated alkanes) is 10. The van der Waals surface area contributed by atoms with Gasteiger partial charge < -0.3 is 25.2 Å². The van der Waals surface area contributed by atoms with Crippen molar-refractivity contribution in [2.45, 2.75) is 142 Å². The number of allylic oxidation sites excluding steroid dienone is 8. The van der Waals surface area contributed by atoms with Crippen LogP contribution in [0.4, 0.5) is 0 Å². The average molecular weight is 700 g/mol. The molecule has 0 heterocycles. The molecule has 0 fully saturated rings. The van der Waals surface area contributed by atoms with Crippen molar-refractivity contribution in [3.8, 4) is 0 Å². The average Bonchev–Trinajstić information content (AvgIpc) is 3.05. The minimum Gasteiger partial charge on any atom is -0.480 e. The number of esters is 1. The summed E-state index contributed by atoms with van der Waals surface area (Å²) in [5.41, 5.74) is 0. The Hall–Kier alpha value is -2.56. The number of amides is 1. The van der Waals surface area contributed by atoms with E-state index in [9.17, 15) is 34.1 Å². The van der Waals surface area contributed by atoms with E-state index in [-0.39, 0.29) is 12.8 Å². The summed E-state index contributed by atoms with van der Waals surface area (Å²) in [6.45, 7) is 2.42. The van der Waals surface area contributed by atoms with Crippen molar-refractivity contribution >= 4 is 25.7 Å². The van der Waals surface area contributed by atoms with Crippen molar-refractivity contribution < 1.29 is 47.8 Å². The van der Waals surface area contributed by atoms with Gasteiger partial charge in [0.05, 0.1) is 13.2 Å². The number of hydrogen-bond donors (Lipinski definition) is 4. The molecule has 0 aliphatic carbocycles. The van der Waals surface area contributed by atoms with Crippen LogP contribution >= 0.6 is 7.82 Å². The highest BCUT2D eigenvalue weighted by atomic mass is 31.2. The monoisotopic (exact) mass is 699 g/mol. The number of hydrogen-bond acceptors (Lipinski definition) is 8. The van der Waals surface area contributed by atoms with Gasteiger partial charge in [-0.25, -0.2) is 9.36 Å². The van der Waals surface area contributed by atoms with Crippen LogP contribution in [-0.2, 0) is 32.7 Å². The number of carbonyl (C=O) groups is 3. The first-order valence-electron chi connectivity index (χ1n) is 17.7. The van der Waals surface area contributed by atoms with Crippen molar-refractivity contribution in [2.75, 3.05) is 19.8 Å². The first-order valence-corrected chi connectivity index (χ1v) is 19.2. The Morgan fingerprint density at radius 1 is 0.667 bits per heavy atom. The van der Waals surface area contributed by atoms with E-state index in [4.69, 9.17) is 13.8 Å². The van der Waals surface area contributed by atoms with Crippen molar-refractivity contribution in [3.63, 3.8) is 0 Å².